The Balaban J connectivity index is 1.55. The molecule has 1 heterocycles. The van der Waals surface area contributed by atoms with E-state index in [9.17, 15) is 0 Å². The van der Waals surface area contributed by atoms with Crippen molar-refractivity contribution in [1.29, 1.82) is 0 Å². The van der Waals surface area contributed by atoms with E-state index in [0.717, 1.165) is 12.5 Å². The molecule has 1 nitrogen and oxygen atoms in total. The smallest absolute Gasteiger partial charge is 0.0876 e. The van der Waals surface area contributed by atoms with Crippen LogP contribution < -0.4 is 0 Å². The van der Waals surface area contributed by atoms with Crippen LogP contribution in [0.5, 0.6) is 0 Å². The van der Waals surface area contributed by atoms with Crippen molar-refractivity contribution in [3.8, 4) is 0 Å². The van der Waals surface area contributed by atoms with Crippen molar-refractivity contribution in [2.24, 2.45) is 5.92 Å². The molecule has 1 atom stereocenters. The van der Waals surface area contributed by atoms with Gasteiger partial charge in [-0.15, -0.1) is 0 Å². The van der Waals surface area contributed by atoms with Crippen LogP contribution in [-0.2, 0) is 4.74 Å². The molecule has 1 unspecified atom stereocenters. The molecule has 2 fully saturated rings. The summed E-state index contributed by atoms with van der Waals surface area (Å²) in [4.78, 5) is 0. The first-order valence-corrected chi connectivity index (χ1v) is 6.98. The fourth-order valence-electron chi connectivity index (χ4n) is 2.17. The van der Waals surface area contributed by atoms with Crippen molar-refractivity contribution >= 4 is 11.8 Å². The van der Waals surface area contributed by atoms with Gasteiger partial charge in [-0.05, 0) is 61.5 Å². The van der Waals surface area contributed by atoms with Gasteiger partial charge < -0.3 is 4.74 Å². The molecular weight excluding hydrogens is 192 g/mol. The fourth-order valence-corrected chi connectivity index (χ4v) is 3.50. The highest BCUT2D eigenvalue weighted by Crippen LogP contribution is 2.26. The highest BCUT2D eigenvalue weighted by Gasteiger charge is 2.14. The summed E-state index contributed by atoms with van der Waals surface area (Å²) in [6.45, 7) is 0.939. The molecule has 0 N–H and O–H groups in total. The Morgan fingerprint density at radius 3 is 2.93 bits per heavy atom. The topological polar surface area (TPSA) is 9.23 Å². The largest absolute Gasteiger partial charge is 0.501 e. The number of rotatable bonds is 4. The van der Waals surface area contributed by atoms with Gasteiger partial charge >= 0.3 is 0 Å². The minimum absolute atomic E-state index is 0.932. The summed E-state index contributed by atoms with van der Waals surface area (Å²) >= 11 is 2.09. The first kappa shape index (κ1) is 10.4. The van der Waals surface area contributed by atoms with Crippen LogP contribution in [0.4, 0.5) is 0 Å². The quantitative estimate of drug-likeness (QED) is 0.520. The highest BCUT2D eigenvalue weighted by atomic mass is 32.2. The maximum atomic E-state index is 5.61. The molecular formula is C12H20OS. The van der Waals surface area contributed by atoms with Crippen molar-refractivity contribution in [2.75, 3.05) is 18.1 Å². The van der Waals surface area contributed by atoms with Gasteiger partial charge in [-0.2, -0.15) is 11.8 Å². The number of hydrogen-bond donors (Lipinski definition) is 0. The molecule has 2 heteroatoms. The lowest BCUT2D eigenvalue weighted by Crippen LogP contribution is -2.02. The van der Waals surface area contributed by atoms with Gasteiger partial charge in [-0.25, -0.2) is 0 Å². The molecule has 0 radical (unpaired) electrons. The summed E-state index contributed by atoms with van der Waals surface area (Å²) in [5.41, 5.74) is 1.53. The molecule has 1 aliphatic carbocycles. The van der Waals surface area contributed by atoms with E-state index < -0.39 is 0 Å². The summed E-state index contributed by atoms with van der Waals surface area (Å²) in [6.07, 6.45) is 10.00. The predicted molar refractivity (Wildman–Crippen MR) is 62.6 cm³/mol. The second kappa shape index (κ2) is 5.69. The molecule has 1 saturated carbocycles. The molecule has 2 aliphatic rings. The Morgan fingerprint density at radius 1 is 1.36 bits per heavy atom. The van der Waals surface area contributed by atoms with Crippen molar-refractivity contribution in [3.63, 3.8) is 0 Å². The van der Waals surface area contributed by atoms with E-state index in [1.54, 1.807) is 0 Å². The molecule has 0 bridgehead atoms. The maximum Gasteiger partial charge on any atom is 0.0876 e. The normalized spacial score (nSPS) is 26.9. The third kappa shape index (κ3) is 3.23. The van der Waals surface area contributed by atoms with Crippen LogP contribution in [0.15, 0.2) is 11.8 Å². The molecule has 1 saturated heterocycles. The highest BCUT2D eigenvalue weighted by molar-refractivity contribution is 7.99. The molecule has 2 rings (SSSR count). The molecule has 0 aromatic carbocycles. The first-order chi connectivity index (χ1) is 6.95. The summed E-state index contributed by atoms with van der Waals surface area (Å²) in [5.74, 6) is 3.66. The Kier molecular flexibility index (Phi) is 4.23. The minimum Gasteiger partial charge on any atom is -0.501 e. The van der Waals surface area contributed by atoms with E-state index in [1.807, 2.05) is 6.26 Å². The zero-order valence-electron chi connectivity index (χ0n) is 8.84. The van der Waals surface area contributed by atoms with Gasteiger partial charge in [0, 0.05) is 0 Å². The van der Waals surface area contributed by atoms with Crippen molar-refractivity contribution in [1.82, 2.24) is 0 Å². The van der Waals surface area contributed by atoms with Crippen molar-refractivity contribution in [3.05, 3.63) is 11.8 Å². The summed E-state index contributed by atoms with van der Waals surface area (Å²) < 4.78 is 5.61. The van der Waals surface area contributed by atoms with E-state index in [1.165, 1.54) is 55.6 Å². The number of allylic oxidation sites excluding steroid dienone is 1. The Hall–Kier alpha value is -0.110. The van der Waals surface area contributed by atoms with Gasteiger partial charge in [0.05, 0.1) is 12.9 Å². The Bertz CT molecular complexity index is 186. The monoisotopic (exact) mass is 212 g/mol. The van der Waals surface area contributed by atoms with Gasteiger partial charge in [-0.1, -0.05) is 0 Å². The summed E-state index contributed by atoms with van der Waals surface area (Å²) in [6, 6.07) is 0. The molecule has 0 amide bonds. The fraction of sp³-hybridized carbons (Fsp3) is 0.833. The molecule has 0 aromatic heterocycles. The molecule has 80 valence electrons. The third-order valence-electron chi connectivity index (χ3n) is 3.16. The van der Waals surface area contributed by atoms with Crippen molar-refractivity contribution < 1.29 is 4.74 Å². The second-order valence-corrected chi connectivity index (χ2v) is 5.52. The summed E-state index contributed by atoms with van der Waals surface area (Å²) in [7, 11) is 0. The minimum atomic E-state index is 0.932. The maximum absolute atomic E-state index is 5.61. The van der Waals surface area contributed by atoms with Gasteiger partial charge in [0.2, 0.25) is 0 Å². The van der Waals surface area contributed by atoms with E-state index in [2.05, 4.69) is 11.8 Å². The third-order valence-corrected chi connectivity index (χ3v) is 4.40. The van der Waals surface area contributed by atoms with Gasteiger partial charge in [-0.3, -0.25) is 0 Å². The Labute approximate surface area is 91.3 Å². The lowest BCUT2D eigenvalue weighted by Gasteiger charge is -2.07. The van der Waals surface area contributed by atoms with Crippen LogP contribution in [0, 0.1) is 5.92 Å². The number of hydrogen-bond acceptors (Lipinski definition) is 2. The SMILES string of the molecule is C(OCCC1CCSC1)=C1CCCC1. The van der Waals surface area contributed by atoms with Gasteiger partial charge in [0.15, 0.2) is 0 Å². The number of ether oxygens (including phenoxy) is 1. The van der Waals surface area contributed by atoms with Crippen LogP contribution in [0.3, 0.4) is 0 Å². The van der Waals surface area contributed by atoms with Gasteiger partial charge in [0.1, 0.15) is 0 Å². The first-order valence-electron chi connectivity index (χ1n) is 5.82. The van der Waals surface area contributed by atoms with Crippen LogP contribution in [-0.4, -0.2) is 18.1 Å². The molecule has 0 aromatic rings. The van der Waals surface area contributed by atoms with Crippen LogP contribution >= 0.6 is 11.8 Å². The lowest BCUT2D eigenvalue weighted by molar-refractivity contribution is 0.223. The molecule has 14 heavy (non-hydrogen) atoms. The van der Waals surface area contributed by atoms with Crippen LogP contribution in [0.1, 0.15) is 38.5 Å². The van der Waals surface area contributed by atoms with Crippen LogP contribution in [0.25, 0.3) is 0 Å². The van der Waals surface area contributed by atoms with Crippen LogP contribution in [0.2, 0.25) is 0 Å². The van der Waals surface area contributed by atoms with E-state index in [-0.39, 0.29) is 0 Å². The van der Waals surface area contributed by atoms with E-state index in [0.29, 0.717) is 0 Å². The van der Waals surface area contributed by atoms with Crippen molar-refractivity contribution in [2.45, 2.75) is 38.5 Å². The van der Waals surface area contributed by atoms with E-state index >= 15 is 0 Å². The standard InChI is InChI=1S/C12H20OS/c1-2-4-11(3-1)9-13-7-5-12-6-8-14-10-12/h9,12H,1-8,10H2. The summed E-state index contributed by atoms with van der Waals surface area (Å²) in [5, 5.41) is 0. The van der Waals surface area contributed by atoms with E-state index in [4.69, 9.17) is 4.74 Å². The zero-order chi connectivity index (χ0) is 9.64. The predicted octanol–water partition coefficient (Wildman–Crippen LogP) is 3.60. The zero-order valence-corrected chi connectivity index (χ0v) is 9.65. The second-order valence-electron chi connectivity index (χ2n) is 4.37. The molecule has 1 aliphatic heterocycles. The Morgan fingerprint density at radius 2 is 2.21 bits per heavy atom. The molecule has 0 spiro atoms. The number of thioether (sulfide) groups is 1. The average molecular weight is 212 g/mol. The lowest BCUT2D eigenvalue weighted by atomic mass is 10.1. The van der Waals surface area contributed by atoms with Gasteiger partial charge in [0.25, 0.3) is 0 Å². The average Bonchev–Trinajstić information content (AvgIpc) is 2.86.